The first-order chi connectivity index (χ1) is 14.3. The van der Waals surface area contributed by atoms with E-state index in [-0.39, 0.29) is 35.7 Å². The molecule has 2 N–H and O–H groups in total. The summed E-state index contributed by atoms with van der Waals surface area (Å²) in [5.74, 6) is -0.857. The lowest BCUT2D eigenvalue weighted by atomic mass is 9.83. The largest absolute Gasteiger partial charge is 0.472 e. The first-order valence-electron chi connectivity index (χ1n) is 10.8. The molecule has 0 spiro atoms. The molecule has 0 radical (unpaired) electrons. The van der Waals surface area contributed by atoms with E-state index in [9.17, 15) is 14.4 Å². The lowest BCUT2D eigenvalue weighted by molar-refractivity contribution is -0.128. The van der Waals surface area contributed by atoms with E-state index in [1.165, 1.54) is 12.5 Å². The van der Waals surface area contributed by atoms with Gasteiger partial charge in [0.25, 0.3) is 5.91 Å². The first kappa shape index (κ1) is 22.5. The third kappa shape index (κ3) is 5.70. The van der Waals surface area contributed by atoms with Gasteiger partial charge in [0.05, 0.1) is 17.9 Å². The van der Waals surface area contributed by atoms with Crippen LogP contribution in [-0.2, 0) is 14.3 Å². The predicted molar refractivity (Wildman–Crippen MR) is 111 cm³/mol. The number of hydrogen-bond acceptors (Lipinski definition) is 6. The predicted octanol–water partition coefficient (Wildman–Crippen LogP) is 1.75. The molecule has 0 aromatic carbocycles. The maximum Gasteiger partial charge on any atom is 0.255 e. The zero-order valence-electron chi connectivity index (χ0n) is 18.1. The molecule has 8 nitrogen and oxygen atoms in total. The Hall–Kier alpha value is -2.19. The molecule has 30 heavy (non-hydrogen) atoms. The summed E-state index contributed by atoms with van der Waals surface area (Å²) in [5.41, 5.74) is 0.200. The Morgan fingerprint density at radius 1 is 1.30 bits per heavy atom. The minimum atomic E-state index is -0.761. The van der Waals surface area contributed by atoms with Crippen LogP contribution in [0.2, 0.25) is 0 Å². The quantitative estimate of drug-likeness (QED) is 0.633. The van der Waals surface area contributed by atoms with Gasteiger partial charge in [-0.25, -0.2) is 0 Å². The standard InChI is InChI=1S/C22H33N3O5/c1-4-22(2,3)11-16(23-20(27)15-7-10-29-13-15)21(28)24-19-17(26)14-30-18(19)12-25-8-5-6-9-25/h7,10,13,16,18-19H,4-6,8-9,11-12,14H2,1-3H3,(H,23,27)(H,24,28)/t16-,18?,19?/m0/s1. The highest BCUT2D eigenvalue weighted by Crippen LogP contribution is 2.27. The number of nitrogens with zero attached hydrogens (tertiary/aromatic N) is 1. The van der Waals surface area contributed by atoms with Gasteiger partial charge in [0.2, 0.25) is 5.91 Å². The van der Waals surface area contributed by atoms with E-state index in [0.717, 1.165) is 32.4 Å². The van der Waals surface area contributed by atoms with Crippen LogP contribution in [0.3, 0.4) is 0 Å². The highest BCUT2D eigenvalue weighted by Gasteiger charge is 2.40. The molecule has 2 aliphatic rings. The molecule has 2 amide bonds. The van der Waals surface area contributed by atoms with Crippen LogP contribution in [0.5, 0.6) is 0 Å². The van der Waals surface area contributed by atoms with Crippen molar-refractivity contribution in [3.05, 3.63) is 24.2 Å². The number of Topliss-reactive ketones (excluding diaryl/α,β-unsaturated/α-hetero) is 1. The Morgan fingerprint density at radius 2 is 2.03 bits per heavy atom. The Balaban J connectivity index is 1.68. The second kappa shape index (κ2) is 9.75. The van der Waals surface area contributed by atoms with Crippen LogP contribution in [0.1, 0.15) is 56.8 Å². The molecule has 8 heteroatoms. The van der Waals surface area contributed by atoms with Crippen LogP contribution in [-0.4, -0.2) is 66.9 Å². The molecule has 1 aromatic rings. The van der Waals surface area contributed by atoms with Gasteiger partial charge in [-0.3, -0.25) is 14.4 Å². The third-order valence-corrected chi connectivity index (χ3v) is 6.21. The molecule has 0 aliphatic carbocycles. The smallest absolute Gasteiger partial charge is 0.255 e. The molecule has 0 saturated carbocycles. The number of ketones is 1. The molecular weight excluding hydrogens is 386 g/mol. The third-order valence-electron chi connectivity index (χ3n) is 6.21. The highest BCUT2D eigenvalue weighted by atomic mass is 16.5. The van der Waals surface area contributed by atoms with Crippen LogP contribution >= 0.6 is 0 Å². The minimum Gasteiger partial charge on any atom is -0.472 e. The fourth-order valence-electron chi connectivity index (χ4n) is 3.93. The van der Waals surface area contributed by atoms with Gasteiger partial charge < -0.3 is 24.7 Å². The first-order valence-corrected chi connectivity index (χ1v) is 10.8. The molecule has 3 atom stereocenters. The second-order valence-corrected chi connectivity index (χ2v) is 9.07. The molecule has 2 aliphatic heterocycles. The SMILES string of the molecule is CCC(C)(C)C[C@H](NC(=O)c1ccoc1)C(=O)NC1C(=O)COC1CN1CCCC1. The van der Waals surface area contributed by atoms with Gasteiger partial charge >= 0.3 is 0 Å². The van der Waals surface area contributed by atoms with E-state index < -0.39 is 12.1 Å². The normalized spacial score (nSPS) is 23.5. The number of likely N-dealkylation sites (tertiary alicyclic amines) is 1. The zero-order chi connectivity index (χ0) is 21.7. The fourth-order valence-corrected chi connectivity index (χ4v) is 3.93. The van der Waals surface area contributed by atoms with Crippen LogP contribution < -0.4 is 10.6 Å². The van der Waals surface area contributed by atoms with Crippen LogP contribution in [0.4, 0.5) is 0 Å². The highest BCUT2D eigenvalue weighted by molar-refractivity contribution is 5.98. The van der Waals surface area contributed by atoms with Gasteiger partial charge in [0.15, 0.2) is 5.78 Å². The van der Waals surface area contributed by atoms with Gasteiger partial charge in [0.1, 0.15) is 25.0 Å². The second-order valence-electron chi connectivity index (χ2n) is 9.07. The van der Waals surface area contributed by atoms with Gasteiger partial charge in [0, 0.05) is 6.54 Å². The summed E-state index contributed by atoms with van der Waals surface area (Å²) < 4.78 is 10.6. The van der Waals surface area contributed by atoms with Crippen molar-refractivity contribution in [2.75, 3.05) is 26.2 Å². The lowest BCUT2D eigenvalue weighted by Gasteiger charge is -2.30. The number of rotatable bonds is 9. The van der Waals surface area contributed by atoms with E-state index >= 15 is 0 Å². The van der Waals surface area contributed by atoms with E-state index in [0.29, 0.717) is 18.5 Å². The Kier molecular flexibility index (Phi) is 7.31. The molecule has 2 saturated heterocycles. The molecule has 0 bridgehead atoms. The molecule has 3 rings (SSSR count). The van der Waals surface area contributed by atoms with Crippen molar-refractivity contribution in [3.8, 4) is 0 Å². The number of hydrogen-bond donors (Lipinski definition) is 2. The van der Waals surface area contributed by atoms with Crippen LogP contribution in [0.25, 0.3) is 0 Å². The number of amides is 2. The maximum atomic E-state index is 13.2. The maximum absolute atomic E-state index is 13.2. The van der Waals surface area contributed by atoms with E-state index in [1.807, 2.05) is 6.92 Å². The lowest BCUT2D eigenvalue weighted by Crippen LogP contribution is -2.55. The average molecular weight is 420 g/mol. The summed E-state index contributed by atoms with van der Waals surface area (Å²) in [6.45, 7) is 8.77. The van der Waals surface area contributed by atoms with Crippen molar-refractivity contribution in [3.63, 3.8) is 0 Å². The molecule has 166 valence electrons. The zero-order valence-corrected chi connectivity index (χ0v) is 18.1. The van der Waals surface area contributed by atoms with Gasteiger partial charge in [-0.2, -0.15) is 0 Å². The van der Waals surface area contributed by atoms with Gasteiger partial charge in [-0.1, -0.05) is 27.2 Å². The molecule has 3 heterocycles. The Morgan fingerprint density at radius 3 is 2.67 bits per heavy atom. The van der Waals surface area contributed by atoms with Crippen molar-refractivity contribution >= 4 is 17.6 Å². The number of ether oxygens (including phenoxy) is 1. The molecule has 1 aromatic heterocycles. The summed E-state index contributed by atoms with van der Waals surface area (Å²) in [7, 11) is 0. The number of furan rings is 1. The summed E-state index contributed by atoms with van der Waals surface area (Å²) >= 11 is 0. The molecular formula is C22H33N3O5. The van der Waals surface area contributed by atoms with Gasteiger partial charge in [-0.15, -0.1) is 0 Å². The van der Waals surface area contributed by atoms with Crippen molar-refractivity contribution in [2.24, 2.45) is 5.41 Å². The number of nitrogens with one attached hydrogen (secondary N) is 2. The molecule has 2 unspecified atom stereocenters. The molecule has 2 fully saturated rings. The van der Waals surface area contributed by atoms with E-state index in [4.69, 9.17) is 9.15 Å². The van der Waals surface area contributed by atoms with Crippen molar-refractivity contribution < 1.29 is 23.5 Å². The fraction of sp³-hybridized carbons (Fsp3) is 0.682. The summed E-state index contributed by atoms with van der Waals surface area (Å²) in [4.78, 5) is 40.4. The minimum absolute atomic E-state index is 0.00987. The van der Waals surface area contributed by atoms with Crippen molar-refractivity contribution in [1.82, 2.24) is 15.5 Å². The summed E-state index contributed by atoms with van der Waals surface area (Å²) in [6, 6.07) is 0.106. The Labute approximate surface area is 177 Å². The Bertz CT molecular complexity index is 740. The van der Waals surface area contributed by atoms with Crippen molar-refractivity contribution in [2.45, 2.75) is 64.6 Å². The van der Waals surface area contributed by atoms with Crippen LogP contribution in [0.15, 0.2) is 23.0 Å². The number of carbonyl (C=O) groups excluding carboxylic acids is 3. The van der Waals surface area contributed by atoms with Crippen molar-refractivity contribution in [1.29, 1.82) is 0 Å². The summed E-state index contributed by atoms with van der Waals surface area (Å²) in [6.07, 6.45) is 5.99. The van der Waals surface area contributed by atoms with Crippen LogP contribution in [0, 0.1) is 5.41 Å². The average Bonchev–Trinajstić information content (AvgIpc) is 3.47. The number of carbonyl (C=O) groups is 3. The van der Waals surface area contributed by atoms with E-state index in [1.54, 1.807) is 6.07 Å². The topological polar surface area (TPSA) is 101 Å². The van der Waals surface area contributed by atoms with Gasteiger partial charge in [-0.05, 0) is 43.8 Å². The monoisotopic (exact) mass is 419 g/mol. The summed E-state index contributed by atoms with van der Waals surface area (Å²) in [5, 5.41) is 5.68. The van der Waals surface area contributed by atoms with E-state index in [2.05, 4.69) is 29.4 Å².